The smallest absolute Gasteiger partial charge is 0.406 e. The number of rotatable bonds is 6. The maximum atomic E-state index is 12.5. The average Bonchev–Trinajstić information content (AvgIpc) is 3.09. The molecule has 0 spiro atoms. The number of fused-ring (bicyclic) bond motifs is 3. The standard InChI is InChI=1S/C21H20F3N3O3S/c22-21(23,24)30-13-7-5-12(6-8-13)11-25-17(28)10-9-16-26-19(29)18-14-3-1-2-4-15(14)31-20(18)27-16/h5-8H,1-4,9-11H2,(H,25,28)(H,26,27,29). The van der Waals surface area contributed by atoms with Gasteiger partial charge in [-0.15, -0.1) is 24.5 Å². The molecule has 0 atom stereocenters. The highest BCUT2D eigenvalue weighted by atomic mass is 32.1. The van der Waals surface area contributed by atoms with Gasteiger partial charge in [-0.2, -0.15) is 0 Å². The molecule has 1 aromatic carbocycles. The molecule has 0 radical (unpaired) electrons. The highest BCUT2D eigenvalue weighted by molar-refractivity contribution is 7.18. The molecule has 31 heavy (non-hydrogen) atoms. The molecule has 4 rings (SSSR count). The molecule has 0 aliphatic heterocycles. The molecule has 0 saturated carbocycles. The molecule has 10 heteroatoms. The number of carbonyl (C=O) groups is 1. The van der Waals surface area contributed by atoms with E-state index in [1.165, 1.54) is 29.1 Å². The van der Waals surface area contributed by atoms with Gasteiger partial charge in [-0.1, -0.05) is 12.1 Å². The number of hydrogen-bond donors (Lipinski definition) is 2. The van der Waals surface area contributed by atoms with E-state index in [4.69, 9.17) is 0 Å². The van der Waals surface area contributed by atoms with Crippen LogP contribution in [0.5, 0.6) is 5.75 Å². The molecule has 0 unspecified atom stereocenters. The first-order valence-electron chi connectivity index (χ1n) is 9.93. The van der Waals surface area contributed by atoms with Crippen LogP contribution >= 0.6 is 11.3 Å². The monoisotopic (exact) mass is 451 g/mol. The molecule has 2 N–H and O–H groups in total. The number of ether oxygens (including phenoxy) is 1. The predicted octanol–water partition coefficient (Wildman–Crippen LogP) is 4.01. The molecule has 164 valence electrons. The first-order chi connectivity index (χ1) is 14.8. The Kier molecular flexibility index (Phi) is 5.99. The lowest BCUT2D eigenvalue weighted by molar-refractivity contribution is -0.274. The van der Waals surface area contributed by atoms with Gasteiger partial charge in [-0.25, -0.2) is 4.98 Å². The van der Waals surface area contributed by atoms with Crippen LogP contribution in [0.1, 0.15) is 41.1 Å². The van der Waals surface area contributed by atoms with Crippen molar-refractivity contribution in [2.24, 2.45) is 0 Å². The summed E-state index contributed by atoms with van der Waals surface area (Å²) in [5, 5.41) is 3.40. The van der Waals surface area contributed by atoms with Crippen LogP contribution in [0.25, 0.3) is 10.2 Å². The molecule has 6 nitrogen and oxygen atoms in total. The van der Waals surface area contributed by atoms with Crippen molar-refractivity contribution < 1.29 is 22.7 Å². The van der Waals surface area contributed by atoms with Gasteiger partial charge >= 0.3 is 6.36 Å². The third-order valence-corrected chi connectivity index (χ3v) is 6.30. The van der Waals surface area contributed by atoms with Gasteiger partial charge in [0.2, 0.25) is 5.91 Å². The molecule has 0 saturated heterocycles. The topological polar surface area (TPSA) is 84.1 Å². The van der Waals surface area contributed by atoms with Gasteiger partial charge in [0.15, 0.2) is 0 Å². The Balaban J connectivity index is 1.32. The number of carbonyl (C=O) groups excluding carboxylic acids is 1. The summed E-state index contributed by atoms with van der Waals surface area (Å²) in [7, 11) is 0. The summed E-state index contributed by atoms with van der Waals surface area (Å²) < 4.78 is 40.4. The average molecular weight is 451 g/mol. The number of H-pyrrole nitrogens is 1. The zero-order valence-corrected chi connectivity index (χ0v) is 17.3. The molecule has 3 aromatic rings. The fourth-order valence-corrected chi connectivity index (χ4v) is 4.94. The van der Waals surface area contributed by atoms with E-state index in [2.05, 4.69) is 20.0 Å². The van der Waals surface area contributed by atoms with E-state index in [-0.39, 0.29) is 36.6 Å². The number of aromatic amines is 1. The Morgan fingerprint density at radius 1 is 1.19 bits per heavy atom. The van der Waals surface area contributed by atoms with Crippen molar-refractivity contribution in [1.29, 1.82) is 0 Å². The third kappa shape index (κ3) is 5.25. The molecular weight excluding hydrogens is 431 g/mol. The molecule has 2 heterocycles. The lowest BCUT2D eigenvalue weighted by Crippen LogP contribution is -2.24. The summed E-state index contributed by atoms with van der Waals surface area (Å²) >= 11 is 1.56. The van der Waals surface area contributed by atoms with Crippen LogP contribution in [0, 0.1) is 0 Å². The van der Waals surface area contributed by atoms with Crippen molar-refractivity contribution in [3.63, 3.8) is 0 Å². The van der Waals surface area contributed by atoms with Crippen LogP contribution in [0.4, 0.5) is 13.2 Å². The lowest BCUT2D eigenvalue weighted by atomic mass is 9.97. The minimum Gasteiger partial charge on any atom is -0.406 e. The molecule has 1 aliphatic carbocycles. The number of aromatic nitrogens is 2. The van der Waals surface area contributed by atoms with Crippen molar-refractivity contribution in [1.82, 2.24) is 15.3 Å². The van der Waals surface area contributed by atoms with Crippen molar-refractivity contribution >= 4 is 27.5 Å². The van der Waals surface area contributed by atoms with Gasteiger partial charge in [0.25, 0.3) is 5.56 Å². The Bertz CT molecular complexity index is 1150. The number of thiophene rings is 1. The van der Waals surface area contributed by atoms with Crippen LogP contribution in [0.3, 0.4) is 0 Å². The zero-order chi connectivity index (χ0) is 22.0. The minimum atomic E-state index is -4.74. The van der Waals surface area contributed by atoms with Crippen LogP contribution in [-0.4, -0.2) is 22.2 Å². The minimum absolute atomic E-state index is 0.134. The predicted molar refractivity (Wildman–Crippen MR) is 110 cm³/mol. The first kappa shape index (κ1) is 21.4. The summed E-state index contributed by atoms with van der Waals surface area (Å²) in [5.74, 6) is -0.0907. The zero-order valence-electron chi connectivity index (χ0n) is 16.5. The van der Waals surface area contributed by atoms with E-state index >= 15 is 0 Å². The van der Waals surface area contributed by atoms with Crippen LogP contribution in [0.2, 0.25) is 0 Å². The Morgan fingerprint density at radius 2 is 1.94 bits per heavy atom. The highest BCUT2D eigenvalue weighted by Crippen LogP contribution is 2.33. The number of amides is 1. The number of aryl methyl sites for hydroxylation is 3. The second-order valence-electron chi connectivity index (χ2n) is 7.37. The Labute approximate surface area is 179 Å². The van der Waals surface area contributed by atoms with Crippen LogP contribution < -0.4 is 15.6 Å². The lowest BCUT2D eigenvalue weighted by Gasteiger charge is -2.10. The van der Waals surface area contributed by atoms with Crippen molar-refractivity contribution in [2.75, 3.05) is 0 Å². The van der Waals surface area contributed by atoms with Crippen molar-refractivity contribution in [3.05, 3.63) is 56.4 Å². The van der Waals surface area contributed by atoms with Gasteiger partial charge in [0.1, 0.15) is 16.4 Å². The number of halogens is 3. The molecule has 2 aromatic heterocycles. The fraction of sp³-hybridized carbons (Fsp3) is 0.381. The molecule has 0 fully saturated rings. The second kappa shape index (κ2) is 8.70. The van der Waals surface area contributed by atoms with Crippen LogP contribution in [-0.2, 0) is 30.6 Å². The number of benzene rings is 1. The van der Waals surface area contributed by atoms with E-state index in [0.717, 1.165) is 36.1 Å². The normalized spacial score (nSPS) is 13.8. The number of nitrogens with zero attached hydrogens (tertiary/aromatic N) is 1. The van der Waals surface area contributed by atoms with Gasteiger partial charge in [0, 0.05) is 24.3 Å². The summed E-state index contributed by atoms with van der Waals surface area (Å²) in [5.41, 5.74) is 1.61. The Morgan fingerprint density at radius 3 is 2.68 bits per heavy atom. The summed E-state index contributed by atoms with van der Waals surface area (Å²) in [6, 6.07) is 5.29. The fourth-order valence-electron chi connectivity index (χ4n) is 3.66. The van der Waals surface area contributed by atoms with E-state index in [0.29, 0.717) is 16.8 Å². The number of alkyl halides is 3. The van der Waals surface area contributed by atoms with E-state index < -0.39 is 6.36 Å². The van der Waals surface area contributed by atoms with Gasteiger partial charge < -0.3 is 15.0 Å². The Hall–Kier alpha value is -2.88. The largest absolute Gasteiger partial charge is 0.573 e. The molecular formula is C21H20F3N3O3S. The van der Waals surface area contributed by atoms with Gasteiger partial charge in [-0.05, 0) is 48.9 Å². The second-order valence-corrected chi connectivity index (χ2v) is 8.46. The summed E-state index contributed by atoms with van der Waals surface area (Å²) in [6.45, 7) is 0.172. The van der Waals surface area contributed by atoms with Gasteiger partial charge in [-0.3, -0.25) is 9.59 Å². The maximum Gasteiger partial charge on any atom is 0.573 e. The van der Waals surface area contributed by atoms with E-state index in [9.17, 15) is 22.8 Å². The first-order valence-corrected chi connectivity index (χ1v) is 10.7. The third-order valence-electron chi connectivity index (χ3n) is 5.11. The van der Waals surface area contributed by atoms with Crippen molar-refractivity contribution in [3.8, 4) is 5.75 Å². The van der Waals surface area contributed by atoms with Crippen molar-refractivity contribution in [2.45, 2.75) is 51.4 Å². The molecule has 0 bridgehead atoms. The van der Waals surface area contributed by atoms with Crippen LogP contribution in [0.15, 0.2) is 29.1 Å². The molecule has 1 amide bonds. The van der Waals surface area contributed by atoms with E-state index in [1.54, 1.807) is 11.3 Å². The maximum absolute atomic E-state index is 12.5. The summed E-state index contributed by atoms with van der Waals surface area (Å²) in [4.78, 5) is 34.0. The quantitative estimate of drug-likeness (QED) is 0.593. The highest BCUT2D eigenvalue weighted by Gasteiger charge is 2.30. The summed E-state index contributed by atoms with van der Waals surface area (Å²) in [6.07, 6.45) is -0.216. The SMILES string of the molecule is O=C(CCc1nc2sc3c(c2c(=O)[nH]1)CCCC3)NCc1ccc(OC(F)(F)F)cc1. The molecule has 1 aliphatic rings. The van der Waals surface area contributed by atoms with E-state index in [1.807, 2.05) is 0 Å². The van der Waals surface area contributed by atoms with Gasteiger partial charge in [0.05, 0.1) is 5.39 Å². The number of hydrogen-bond acceptors (Lipinski definition) is 5. The number of nitrogens with one attached hydrogen (secondary N) is 2.